The van der Waals surface area contributed by atoms with Crippen LogP contribution in [0.5, 0.6) is 0 Å². The van der Waals surface area contributed by atoms with Crippen LogP contribution >= 0.6 is 0 Å². The van der Waals surface area contributed by atoms with E-state index in [-0.39, 0.29) is 11.1 Å². The summed E-state index contributed by atoms with van der Waals surface area (Å²) in [5, 5.41) is 0. The molecule has 0 amide bonds. The van der Waals surface area contributed by atoms with Gasteiger partial charge in [0.25, 0.3) is 0 Å². The number of hydrogen-bond acceptors (Lipinski definition) is 4. The van der Waals surface area contributed by atoms with Gasteiger partial charge in [-0.2, -0.15) is 0 Å². The van der Waals surface area contributed by atoms with Gasteiger partial charge >= 0.3 is 11.9 Å². The Bertz CT molecular complexity index is 423. The number of carbonyl (C=O) groups excluding carboxylic acids is 2. The third-order valence-corrected chi connectivity index (χ3v) is 2.42. The molecule has 1 aromatic rings. The second-order valence-electron chi connectivity index (χ2n) is 3.56. The maximum absolute atomic E-state index is 14.0. The third-order valence-electron chi connectivity index (χ3n) is 2.42. The van der Waals surface area contributed by atoms with Crippen LogP contribution < -0.4 is 0 Å². The van der Waals surface area contributed by atoms with E-state index in [2.05, 4.69) is 9.47 Å². The second kappa shape index (κ2) is 4.95. The number of carbonyl (C=O) groups is 2. The number of hydrogen-bond donors (Lipinski definition) is 0. The van der Waals surface area contributed by atoms with Gasteiger partial charge in [-0.05, 0) is 19.1 Å². The number of rotatable bonds is 3. The fourth-order valence-corrected chi connectivity index (χ4v) is 1.35. The SMILES string of the molecule is COC(=O)c1ccc(C(C)(F)C(=O)OC)cc1. The zero-order valence-corrected chi connectivity index (χ0v) is 9.82. The molecule has 0 aliphatic rings. The van der Waals surface area contributed by atoms with Crippen LogP contribution in [0.15, 0.2) is 24.3 Å². The molecular weight excluding hydrogens is 227 g/mol. The lowest BCUT2D eigenvalue weighted by molar-refractivity contribution is -0.154. The highest BCUT2D eigenvalue weighted by atomic mass is 19.1. The summed E-state index contributed by atoms with van der Waals surface area (Å²) in [6.07, 6.45) is 0. The van der Waals surface area contributed by atoms with E-state index in [9.17, 15) is 14.0 Å². The van der Waals surface area contributed by atoms with Crippen molar-refractivity contribution in [2.24, 2.45) is 0 Å². The van der Waals surface area contributed by atoms with E-state index in [1.165, 1.54) is 31.4 Å². The second-order valence-corrected chi connectivity index (χ2v) is 3.56. The molecule has 1 aromatic carbocycles. The van der Waals surface area contributed by atoms with Crippen molar-refractivity contribution in [1.82, 2.24) is 0 Å². The first-order valence-corrected chi connectivity index (χ1v) is 4.89. The monoisotopic (exact) mass is 240 g/mol. The number of halogens is 1. The van der Waals surface area contributed by atoms with E-state index in [1.807, 2.05) is 0 Å². The van der Waals surface area contributed by atoms with Gasteiger partial charge in [0.2, 0.25) is 5.67 Å². The fraction of sp³-hybridized carbons (Fsp3) is 0.333. The minimum Gasteiger partial charge on any atom is -0.466 e. The first-order chi connectivity index (χ1) is 7.93. The van der Waals surface area contributed by atoms with Crippen molar-refractivity contribution in [2.45, 2.75) is 12.6 Å². The lowest BCUT2D eigenvalue weighted by Crippen LogP contribution is -2.28. The van der Waals surface area contributed by atoms with Crippen LogP contribution in [0.3, 0.4) is 0 Å². The largest absolute Gasteiger partial charge is 0.466 e. The van der Waals surface area contributed by atoms with Gasteiger partial charge in [-0.25, -0.2) is 14.0 Å². The van der Waals surface area contributed by atoms with Gasteiger partial charge in [0.05, 0.1) is 19.8 Å². The smallest absolute Gasteiger partial charge is 0.348 e. The summed E-state index contributed by atoms with van der Waals surface area (Å²) in [5.74, 6) is -1.50. The molecule has 0 N–H and O–H groups in total. The Balaban J connectivity index is 3.02. The van der Waals surface area contributed by atoms with Crippen LogP contribution in [-0.4, -0.2) is 26.2 Å². The normalized spacial score (nSPS) is 13.6. The Labute approximate surface area is 98.3 Å². The highest BCUT2D eigenvalue weighted by Crippen LogP contribution is 2.27. The molecular formula is C12H13FO4. The molecule has 0 heterocycles. The van der Waals surface area contributed by atoms with Crippen LogP contribution in [0, 0.1) is 0 Å². The van der Waals surface area contributed by atoms with Gasteiger partial charge in [0.15, 0.2) is 0 Å². The molecule has 0 aliphatic carbocycles. The van der Waals surface area contributed by atoms with Crippen LogP contribution in [-0.2, 0) is 19.9 Å². The van der Waals surface area contributed by atoms with E-state index in [0.717, 1.165) is 14.0 Å². The minimum absolute atomic E-state index is 0.122. The summed E-state index contributed by atoms with van der Waals surface area (Å²) in [4.78, 5) is 22.4. The van der Waals surface area contributed by atoms with Crippen LogP contribution in [0.1, 0.15) is 22.8 Å². The molecule has 0 saturated carbocycles. The maximum Gasteiger partial charge on any atom is 0.348 e. The predicted octanol–water partition coefficient (Wildman–Crippen LogP) is 1.83. The van der Waals surface area contributed by atoms with Crippen LogP contribution in [0.4, 0.5) is 4.39 Å². The molecule has 0 saturated heterocycles. The Kier molecular flexibility index (Phi) is 3.83. The summed E-state index contributed by atoms with van der Waals surface area (Å²) in [7, 11) is 2.37. The molecule has 1 atom stereocenters. The van der Waals surface area contributed by atoms with Crippen molar-refractivity contribution in [3.8, 4) is 0 Å². The quantitative estimate of drug-likeness (QED) is 0.756. The van der Waals surface area contributed by atoms with Gasteiger partial charge in [-0.3, -0.25) is 0 Å². The van der Waals surface area contributed by atoms with E-state index in [4.69, 9.17) is 0 Å². The average Bonchev–Trinajstić information content (AvgIpc) is 2.36. The first-order valence-electron chi connectivity index (χ1n) is 4.89. The lowest BCUT2D eigenvalue weighted by Gasteiger charge is -2.17. The molecule has 0 spiro atoms. The lowest BCUT2D eigenvalue weighted by atomic mass is 9.97. The first kappa shape index (κ1) is 13.2. The number of ether oxygens (including phenoxy) is 2. The molecule has 1 rings (SSSR count). The van der Waals surface area contributed by atoms with Gasteiger partial charge < -0.3 is 9.47 Å². The van der Waals surface area contributed by atoms with Crippen molar-refractivity contribution in [1.29, 1.82) is 0 Å². The minimum atomic E-state index is -2.23. The predicted molar refractivity (Wildman–Crippen MR) is 58.3 cm³/mol. The topological polar surface area (TPSA) is 52.6 Å². The Morgan fingerprint density at radius 1 is 1.12 bits per heavy atom. The number of alkyl halides is 1. The summed E-state index contributed by atoms with van der Waals surface area (Å²) >= 11 is 0. The maximum atomic E-state index is 14.0. The van der Waals surface area contributed by atoms with Crippen LogP contribution in [0.25, 0.3) is 0 Å². The van der Waals surface area contributed by atoms with E-state index in [0.29, 0.717) is 0 Å². The average molecular weight is 240 g/mol. The van der Waals surface area contributed by atoms with Crippen molar-refractivity contribution in [3.63, 3.8) is 0 Å². The Hall–Kier alpha value is -1.91. The molecule has 5 heteroatoms. The summed E-state index contributed by atoms with van der Waals surface area (Å²) in [5.41, 5.74) is -1.82. The molecule has 0 radical (unpaired) electrons. The molecule has 0 aromatic heterocycles. The van der Waals surface area contributed by atoms with Gasteiger partial charge in [0.1, 0.15) is 0 Å². The van der Waals surface area contributed by atoms with Crippen molar-refractivity contribution >= 4 is 11.9 Å². The van der Waals surface area contributed by atoms with E-state index in [1.54, 1.807) is 0 Å². The molecule has 92 valence electrons. The third kappa shape index (κ3) is 2.61. The summed E-state index contributed by atoms with van der Waals surface area (Å²) in [6, 6.07) is 5.48. The van der Waals surface area contributed by atoms with Gasteiger partial charge in [0, 0.05) is 5.56 Å². The van der Waals surface area contributed by atoms with Gasteiger partial charge in [-0.1, -0.05) is 12.1 Å². The number of methoxy groups -OCH3 is 2. The van der Waals surface area contributed by atoms with Gasteiger partial charge in [-0.15, -0.1) is 0 Å². The summed E-state index contributed by atoms with van der Waals surface area (Å²) < 4.78 is 22.9. The number of esters is 2. The fourth-order valence-electron chi connectivity index (χ4n) is 1.35. The van der Waals surface area contributed by atoms with Crippen molar-refractivity contribution in [3.05, 3.63) is 35.4 Å². The van der Waals surface area contributed by atoms with Crippen molar-refractivity contribution in [2.75, 3.05) is 14.2 Å². The molecule has 4 nitrogen and oxygen atoms in total. The highest BCUT2D eigenvalue weighted by Gasteiger charge is 2.36. The Morgan fingerprint density at radius 3 is 2.06 bits per heavy atom. The van der Waals surface area contributed by atoms with Crippen LogP contribution in [0.2, 0.25) is 0 Å². The molecule has 0 bridgehead atoms. The van der Waals surface area contributed by atoms with Crippen molar-refractivity contribution < 1.29 is 23.5 Å². The molecule has 0 aliphatic heterocycles. The highest BCUT2D eigenvalue weighted by molar-refractivity contribution is 5.89. The van der Waals surface area contributed by atoms with E-state index >= 15 is 0 Å². The molecule has 17 heavy (non-hydrogen) atoms. The Morgan fingerprint density at radius 2 is 1.65 bits per heavy atom. The standard InChI is InChI=1S/C12H13FO4/c1-12(13,11(15)17-3)9-6-4-8(5-7-9)10(14)16-2/h4-7H,1-3H3. The summed E-state index contributed by atoms with van der Waals surface area (Å²) in [6.45, 7) is 1.10. The zero-order chi connectivity index (χ0) is 13.1. The number of benzene rings is 1. The van der Waals surface area contributed by atoms with E-state index < -0.39 is 17.6 Å². The molecule has 0 fully saturated rings. The zero-order valence-electron chi connectivity index (χ0n) is 9.82. The molecule has 1 unspecified atom stereocenters.